The van der Waals surface area contributed by atoms with Crippen LogP contribution in [0, 0.1) is 23.2 Å². The second-order valence-electron chi connectivity index (χ2n) is 5.50. The fourth-order valence-corrected chi connectivity index (χ4v) is 3.98. The highest BCUT2D eigenvalue weighted by atomic mass is 16.2. The minimum absolute atomic E-state index is 0.262. The van der Waals surface area contributed by atoms with Crippen molar-refractivity contribution in [1.29, 1.82) is 0 Å². The molecule has 1 saturated heterocycles. The molecule has 0 aromatic rings. The lowest BCUT2D eigenvalue weighted by Gasteiger charge is -2.36. The van der Waals surface area contributed by atoms with Gasteiger partial charge in [-0.15, -0.1) is 0 Å². The zero-order valence-corrected chi connectivity index (χ0v) is 9.05. The van der Waals surface area contributed by atoms with Crippen LogP contribution in [0.3, 0.4) is 0 Å². The van der Waals surface area contributed by atoms with Crippen molar-refractivity contribution in [1.82, 2.24) is 5.32 Å². The first-order valence-corrected chi connectivity index (χ1v) is 5.97. The smallest absolute Gasteiger partial charge is 0.223 e. The number of nitrogens with one attached hydrogen (secondary N) is 1. The van der Waals surface area contributed by atoms with Crippen LogP contribution in [0.15, 0.2) is 0 Å². The van der Waals surface area contributed by atoms with Gasteiger partial charge in [0, 0.05) is 17.4 Å². The van der Waals surface area contributed by atoms with E-state index in [1.54, 1.807) is 0 Å². The van der Waals surface area contributed by atoms with Gasteiger partial charge in [-0.1, -0.05) is 6.92 Å². The molecule has 1 amide bonds. The fourth-order valence-electron chi connectivity index (χ4n) is 3.98. The summed E-state index contributed by atoms with van der Waals surface area (Å²) in [6.07, 6.45) is 5.44. The van der Waals surface area contributed by atoms with E-state index >= 15 is 0 Å². The Labute approximate surface area is 85.4 Å². The molecule has 0 spiro atoms. The fraction of sp³-hybridized carbons (Fsp3) is 0.917. The lowest BCUT2D eigenvalue weighted by atomic mass is 9.66. The maximum absolute atomic E-state index is 11.8. The van der Waals surface area contributed by atoms with Crippen LogP contribution in [-0.4, -0.2) is 11.9 Å². The van der Waals surface area contributed by atoms with E-state index in [9.17, 15) is 4.79 Å². The number of carbonyl (C=O) groups excluding carboxylic acids is 1. The normalized spacial score (nSPS) is 41.1. The molecular formula is C12H19NO. The standard InChI is InChI=1S/C12H19NO/c1-7-11(14)13-8(2)12(7,9-3-4-9)10-5-6-10/h7-10H,3-6H2,1-2H3,(H,13,14). The summed E-state index contributed by atoms with van der Waals surface area (Å²) in [5.41, 5.74) is 0.344. The number of hydrogen-bond acceptors (Lipinski definition) is 1. The van der Waals surface area contributed by atoms with Gasteiger partial charge in [0.1, 0.15) is 0 Å². The van der Waals surface area contributed by atoms with Crippen LogP contribution in [0.1, 0.15) is 39.5 Å². The number of amides is 1. The summed E-state index contributed by atoms with van der Waals surface area (Å²) in [4.78, 5) is 11.8. The average Bonchev–Trinajstić information content (AvgIpc) is 2.99. The maximum Gasteiger partial charge on any atom is 0.223 e. The topological polar surface area (TPSA) is 29.1 Å². The van der Waals surface area contributed by atoms with E-state index in [4.69, 9.17) is 0 Å². The predicted octanol–water partition coefficient (Wildman–Crippen LogP) is 1.95. The molecule has 0 radical (unpaired) electrons. The molecule has 2 atom stereocenters. The third kappa shape index (κ3) is 0.896. The predicted molar refractivity (Wildman–Crippen MR) is 54.6 cm³/mol. The molecule has 3 rings (SSSR count). The molecular weight excluding hydrogens is 174 g/mol. The van der Waals surface area contributed by atoms with Crippen LogP contribution in [-0.2, 0) is 4.79 Å². The van der Waals surface area contributed by atoms with Gasteiger partial charge < -0.3 is 5.32 Å². The molecule has 2 aliphatic carbocycles. The van der Waals surface area contributed by atoms with Crippen LogP contribution in [0.4, 0.5) is 0 Å². The molecule has 2 saturated carbocycles. The second kappa shape index (κ2) is 2.53. The number of rotatable bonds is 2. The van der Waals surface area contributed by atoms with Gasteiger partial charge in [0.2, 0.25) is 5.91 Å². The third-order valence-electron chi connectivity index (χ3n) is 4.82. The summed E-state index contributed by atoms with van der Waals surface area (Å²) in [5.74, 6) is 2.26. The maximum atomic E-state index is 11.8. The zero-order chi connectivity index (χ0) is 9.92. The SMILES string of the molecule is CC1NC(=O)C(C)C1(C1CC1)C1CC1. The first-order valence-electron chi connectivity index (χ1n) is 5.97. The summed E-state index contributed by atoms with van der Waals surface area (Å²) in [6.45, 7) is 4.37. The van der Waals surface area contributed by atoms with E-state index in [2.05, 4.69) is 19.2 Å². The lowest BCUT2D eigenvalue weighted by Crippen LogP contribution is -2.40. The van der Waals surface area contributed by atoms with Crippen molar-refractivity contribution in [2.45, 2.75) is 45.6 Å². The molecule has 2 unspecified atom stereocenters. The largest absolute Gasteiger partial charge is 0.353 e. The minimum Gasteiger partial charge on any atom is -0.353 e. The Balaban J connectivity index is 1.99. The van der Waals surface area contributed by atoms with Gasteiger partial charge >= 0.3 is 0 Å². The zero-order valence-electron chi connectivity index (χ0n) is 9.05. The van der Waals surface area contributed by atoms with Crippen LogP contribution in [0.25, 0.3) is 0 Å². The van der Waals surface area contributed by atoms with E-state index in [-0.39, 0.29) is 5.92 Å². The Kier molecular flexibility index (Phi) is 1.58. The van der Waals surface area contributed by atoms with Crippen molar-refractivity contribution in [3.05, 3.63) is 0 Å². The summed E-state index contributed by atoms with van der Waals surface area (Å²) in [6, 6.07) is 0.421. The van der Waals surface area contributed by atoms with Gasteiger partial charge in [-0.05, 0) is 44.4 Å². The molecule has 1 N–H and O–H groups in total. The highest BCUT2D eigenvalue weighted by Gasteiger charge is 2.64. The Morgan fingerprint density at radius 3 is 1.93 bits per heavy atom. The van der Waals surface area contributed by atoms with E-state index in [0.29, 0.717) is 17.4 Å². The molecule has 0 bridgehead atoms. The summed E-state index contributed by atoms with van der Waals surface area (Å²) >= 11 is 0. The van der Waals surface area contributed by atoms with Gasteiger partial charge in [-0.25, -0.2) is 0 Å². The highest BCUT2D eigenvalue weighted by molar-refractivity contribution is 5.82. The first-order chi connectivity index (χ1) is 6.67. The van der Waals surface area contributed by atoms with Crippen molar-refractivity contribution in [3.63, 3.8) is 0 Å². The minimum atomic E-state index is 0.262. The van der Waals surface area contributed by atoms with Crippen LogP contribution < -0.4 is 5.32 Å². The third-order valence-corrected chi connectivity index (χ3v) is 4.82. The Hall–Kier alpha value is -0.530. The van der Waals surface area contributed by atoms with E-state index in [1.807, 2.05) is 0 Å². The summed E-state index contributed by atoms with van der Waals surface area (Å²) < 4.78 is 0. The molecule has 0 aromatic carbocycles. The summed E-state index contributed by atoms with van der Waals surface area (Å²) in [7, 11) is 0. The van der Waals surface area contributed by atoms with Gasteiger partial charge in [0.05, 0.1) is 0 Å². The van der Waals surface area contributed by atoms with Gasteiger partial charge in [0.15, 0.2) is 0 Å². The lowest BCUT2D eigenvalue weighted by molar-refractivity contribution is -0.123. The van der Waals surface area contributed by atoms with Crippen LogP contribution >= 0.6 is 0 Å². The van der Waals surface area contributed by atoms with E-state index in [0.717, 1.165) is 11.8 Å². The molecule has 0 aromatic heterocycles. The average molecular weight is 193 g/mol. The second-order valence-corrected chi connectivity index (χ2v) is 5.50. The van der Waals surface area contributed by atoms with E-state index < -0.39 is 0 Å². The molecule has 1 heterocycles. The number of carbonyl (C=O) groups is 1. The Morgan fingerprint density at radius 1 is 1.14 bits per heavy atom. The van der Waals surface area contributed by atoms with Crippen LogP contribution in [0.2, 0.25) is 0 Å². The van der Waals surface area contributed by atoms with Crippen LogP contribution in [0.5, 0.6) is 0 Å². The van der Waals surface area contributed by atoms with Gasteiger partial charge in [0.25, 0.3) is 0 Å². The van der Waals surface area contributed by atoms with Crippen molar-refractivity contribution in [2.24, 2.45) is 23.2 Å². The first kappa shape index (κ1) is 8.75. The molecule has 3 fully saturated rings. The Morgan fingerprint density at radius 2 is 1.64 bits per heavy atom. The Bertz CT molecular complexity index is 266. The van der Waals surface area contributed by atoms with Crippen molar-refractivity contribution in [2.75, 3.05) is 0 Å². The molecule has 78 valence electrons. The number of hydrogen-bond donors (Lipinski definition) is 1. The summed E-state index contributed by atoms with van der Waals surface area (Å²) in [5, 5.41) is 3.16. The molecule has 1 aliphatic heterocycles. The molecule has 14 heavy (non-hydrogen) atoms. The van der Waals surface area contributed by atoms with Crippen molar-refractivity contribution >= 4 is 5.91 Å². The molecule has 3 aliphatic rings. The molecule has 2 nitrogen and oxygen atoms in total. The molecule has 2 heteroatoms. The monoisotopic (exact) mass is 193 g/mol. The van der Waals surface area contributed by atoms with Crippen molar-refractivity contribution < 1.29 is 4.79 Å². The van der Waals surface area contributed by atoms with Gasteiger partial charge in [-0.3, -0.25) is 4.79 Å². The highest BCUT2D eigenvalue weighted by Crippen LogP contribution is 2.64. The van der Waals surface area contributed by atoms with E-state index in [1.165, 1.54) is 25.7 Å². The van der Waals surface area contributed by atoms with Gasteiger partial charge in [-0.2, -0.15) is 0 Å². The van der Waals surface area contributed by atoms with Crippen molar-refractivity contribution in [3.8, 4) is 0 Å². The quantitative estimate of drug-likeness (QED) is 0.713.